The lowest BCUT2D eigenvalue weighted by Crippen LogP contribution is -2.48. The number of carbonyl (C=O) groups excluding carboxylic acids is 3. The monoisotopic (exact) mass is 252 g/mol. The van der Waals surface area contributed by atoms with E-state index in [0.29, 0.717) is 12.3 Å². The van der Waals surface area contributed by atoms with E-state index in [1.165, 1.54) is 0 Å². The maximum atomic E-state index is 12.1. The number of hydrogen-bond acceptors (Lipinski definition) is 4. The van der Waals surface area contributed by atoms with Gasteiger partial charge in [0.05, 0.1) is 0 Å². The topological polar surface area (TPSA) is 60.4 Å². The highest BCUT2D eigenvalue weighted by atomic mass is 16.6. The second-order valence-corrected chi connectivity index (χ2v) is 5.74. The molecule has 1 saturated heterocycles. The number of hydrogen-bond donors (Lipinski definition) is 0. The van der Waals surface area contributed by atoms with E-state index in [2.05, 4.69) is 6.92 Å². The third-order valence-corrected chi connectivity index (χ3v) is 4.00. The molecule has 1 aliphatic heterocycles. The summed E-state index contributed by atoms with van der Waals surface area (Å²) in [5.41, 5.74) is -0.601. The van der Waals surface area contributed by atoms with Crippen molar-refractivity contribution in [1.29, 1.82) is 0 Å². The molecule has 2 fully saturated rings. The first-order valence-electron chi connectivity index (χ1n) is 6.76. The minimum Gasteiger partial charge on any atom is -0.458 e. The van der Waals surface area contributed by atoms with E-state index in [9.17, 15) is 14.4 Å². The van der Waals surface area contributed by atoms with Crippen molar-refractivity contribution in [3.05, 3.63) is 0 Å². The Hall–Kier alpha value is -1.19. The van der Waals surface area contributed by atoms with Crippen LogP contribution in [-0.4, -0.2) is 23.1 Å². The molecule has 0 aromatic carbocycles. The van der Waals surface area contributed by atoms with E-state index < -0.39 is 17.5 Å². The van der Waals surface area contributed by atoms with Crippen LogP contribution < -0.4 is 0 Å². The Labute approximate surface area is 107 Å². The molecule has 2 rings (SSSR count). The summed E-state index contributed by atoms with van der Waals surface area (Å²) < 4.78 is 5.48. The lowest BCUT2D eigenvalue weighted by Gasteiger charge is -2.35. The Bertz CT molecular complexity index is 367. The van der Waals surface area contributed by atoms with Crippen molar-refractivity contribution in [2.45, 2.75) is 58.0 Å². The highest BCUT2D eigenvalue weighted by molar-refractivity contribution is 6.18. The fourth-order valence-electron chi connectivity index (χ4n) is 3.16. The van der Waals surface area contributed by atoms with E-state index in [4.69, 9.17) is 4.74 Å². The molecule has 18 heavy (non-hydrogen) atoms. The number of ether oxygens (including phenoxy) is 1. The highest BCUT2D eigenvalue weighted by Crippen LogP contribution is 2.43. The van der Waals surface area contributed by atoms with Crippen LogP contribution >= 0.6 is 0 Å². The highest BCUT2D eigenvalue weighted by Gasteiger charge is 2.51. The molecule has 0 radical (unpaired) electrons. The summed E-state index contributed by atoms with van der Waals surface area (Å²) in [5, 5.41) is 0. The van der Waals surface area contributed by atoms with Gasteiger partial charge in [-0.15, -0.1) is 0 Å². The number of ketones is 2. The molecule has 1 spiro atoms. The van der Waals surface area contributed by atoms with Gasteiger partial charge in [0.25, 0.3) is 0 Å². The third-order valence-electron chi connectivity index (χ3n) is 4.00. The Balaban J connectivity index is 2.11. The van der Waals surface area contributed by atoms with Gasteiger partial charge in [0.2, 0.25) is 0 Å². The van der Waals surface area contributed by atoms with Crippen molar-refractivity contribution in [2.24, 2.45) is 11.8 Å². The molecular weight excluding hydrogens is 232 g/mol. The lowest BCUT2D eigenvalue weighted by molar-refractivity contribution is -0.178. The van der Waals surface area contributed by atoms with Crippen molar-refractivity contribution in [2.75, 3.05) is 0 Å². The van der Waals surface area contributed by atoms with Gasteiger partial charge in [0.15, 0.2) is 17.5 Å². The predicted octanol–water partition coefficient (Wildman–Crippen LogP) is 2.05. The lowest BCUT2D eigenvalue weighted by atomic mass is 9.83. The normalized spacial score (nSPS) is 35.9. The molecular formula is C14H20O4. The Morgan fingerprint density at radius 2 is 2.17 bits per heavy atom. The van der Waals surface area contributed by atoms with Crippen molar-refractivity contribution >= 4 is 17.5 Å². The third kappa shape index (κ3) is 2.33. The maximum absolute atomic E-state index is 12.1. The van der Waals surface area contributed by atoms with Crippen LogP contribution in [0.1, 0.15) is 52.4 Å². The molecule has 4 nitrogen and oxygen atoms in total. The molecule has 0 bridgehead atoms. The molecule has 0 aromatic rings. The summed E-state index contributed by atoms with van der Waals surface area (Å²) in [7, 11) is 0. The van der Waals surface area contributed by atoms with Crippen molar-refractivity contribution < 1.29 is 19.1 Å². The van der Waals surface area contributed by atoms with Crippen LogP contribution in [0.2, 0.25) is 0 Å². The fraction of sp³-hybridized carbons (Fsp3) is 0.786. The quantitative estimate of drug-likeness (QED) is 0.569. The Morgan fingerprint density at radius 1 is 1.44 bits per heavy atom. The van der Waals surface area contributed by atoms with Crippen LogP contribution in [0.3, 0.4) is 0 Å². The number of esters is 1. The molecule has 1 aliphatic carbocycles. The minimum absolute atomic E-state index is 0.225. The van der Waals surface area contributed by atoms with E-state index in [1.54, 1.807) is 0 Å². The first-order chi connectivity index (χ1) is 8.47. The van der Waals surface area contributed by atoms with Gasteiger partial charge in [0, 0.05) is 12.8 Å². The van der Waals surface area contributed by atoms with Gasteiger partial charge in [-0.25, -0.2) is 0 Å². The van der Waals surface area contributed by atoms with Crippen molar-refractivity contribution in [1.82, 2.24) is 0 Å². The largest absolute Gasteiger partial charge is 0.458 e. The van der Waals surface area contributed by atoms with E-state index in [-0.39, 0.29) is 24.4 Å². The van der Waals surface area contributed by atoms with Crippen LogP contribution in [0.15, 0.2) is 0 Å². The summed E-state index contributed by atoms with van der Waals surface area (Å²) in [6.07, 6.45) is 3.63. The second-order valence-electron chi connectivity index (χ2n) is 5.74. The van der Waals surface area contributed by atoms with Crippen LogP contribution in [-0.2, 0) is 19.1 Å². The number of rotatable bonds is 3. The second kappa shape index (κ2) is 4.82. The minimum atomic E-state index is -1.15. The summed E-state index contributed by atoms with van der Waals surface area (Å²) in [6, 6.07) is 0. The molecule has 3 atom stereocenters. The smallest absolute Gasteiger partial charge is 0.324 e. The van der Waals surface area contributed by atoms with E-state index in [1.807, 2.05) is 6.92 Å². The van der Waals surface area contributed by atoms with Gasteiger partial charge < -0.3 is 4.74 Å². The van der Waals surface area contributed by atoms with Gasteiger partial charge in [0.1, 0.15) is 5.60 Å². The molecule has 3 unspecified atom stereocenters. The standard InChI is InChI=1S/C14H20O4/c1-3-4-10(15)12-11(16)8-14(18-13(12)17)6-5-9(2)7-14/h9,12H,3-8H2,1-2H3. The zero-order valence-corrected chi connectivity index (χ0v) is 11.0. The van der Waals surface area contributed by atoms with Crippen LogP contribution in [0.25, 0.3) is 0 Å². The van der Waals surface area contributed by atoms with Gasteiger partial charge in [-0.2, -0.15) is 0 Å². The SMILES string of the molecule is CCCC(=O)C1C(=O)CC2(CCC(C)C2)OC1=O. The summed E-state index contributed by atoms with van der Waals surface area (Å²) >= 11 is 0. The van der Waals surface area contributed by atoms with Gasteiger partial charge in [-0.1, -0.05) is 13.8 Å². The van der Waals surface area contributed by atoms with Crippen molar-refractivity contribution in [3.8, 4) is 0 Å². The molecule has 100 valence electrons. The summed E-state index contributed by atoms with van der Waals surface area (Å²) in [6.45, 7) is 3.96. The average Bonchev–Trinajstić information content (AvgIpc) is 2.58. The first kappa shape index (κ1) is 13.2. The zero-order valence-electron chi connectivity index (χ0n) is 11.0. The molecule has 0 N–H and O–H groups in total. The Morgan fingerprint density at radius 3 is 2.67 bits per heavy atom. The molecule has 1 heterocycles. The van der Waals surface area contributed by atoms with E-state index >= 15 is 0 Å². The molecule has 0 amide bonds. The van der Waals surface area contributed by atoms with Gasteiger partial charge in [-0.3, -0.25) is 14.4 Å². The van der Waals surface area contributed by atoms with Crippen LogP contribution in [0, 0.1) is 11.8 Å². The van der Waals surface area contributed by atoms with Gasteiger partial charge in [-0.05, 0) is 31.6 Å². The first-order valence-corrected chi connectivity index (χ1v) is 6.76. The predicted molar refractivity (Wildman–Crippen MR) is 64.9 cm³/mol. The number of Topliss-reactive ketones (excluding diaryl/α,β-unsaturated/α-hetero) is 2. The van der Waals surface area contributed by atoms with Crippen LogP contribution in [0.5, 0.6) is 0 Å². The molecule has 4 heteroatoms. The molecule has 0 aromatic heterocycles. The maximum Gasteiger partial charge on any atom is 0.324 e. The summed E-state index contributed by atoms with van der Waals surface area (Å²) in [4.78, 5) is 35.8. The molecule has 1 saturated carbocycles. The van der Waals surface area contributed by atoms with Crippen molar-refractivity contribution in [3.63, 3.8) is 0 Å². The fourth-order valence-corrected chi connectivity index (χ4v) is 3.16. The summed E-state index contributed by atoms with van der Waals surface area (Å²) in [5.74, 6) is -1.80. The molecule has 2 aliphatic rings. The average molecular weight is 252 g/mol. The van der Waals surface area contributed by atoms with E-state index in [0.717, 1.165) is 19.3 Å². The zero-order chi connectivity index (χ0) is 13.3. The van der Waals surface area contributed by atoms with Crippen LogP contribution in [0.4, 0.5) is 0 Å². The Kier molecular flexibility index (Phi) is 3.55. The van der Waals surface area contributed by atoms with Gasteiger partial charge >= 0.3 is 5.97 Å². The number of carbonyl (C=O) groups is 3.